The van der Waals surface area contributed by atoms with Gasteiger partial charge in [0.25, 0.3) is 0 Å². The van der Waals surface area contributed by atoms with Crippen molar-refractivity contribution in [1.82, 2.24) is 4.98 Å². The summed E-state index contributed by atoms with van der Waals surface area (Å²) in [5.74, 6) is 0.665. The van der Waals surface area contributed by atoms with E-state index in [4.69, 9.17) is 10.5 Å². The van der Waals surface area contributed by atoms with Crippen molar-refractivity contribution in [3.63, 3.8) is 0 Å². The van der Waals surface area contributed by atoms with Gasteiger partial charge in [-0.15, -0.1) is 11.3 Å². The number of aromatic nitrogens is 1. The van der Waals surface area contributed by atoms with E-state index in [1.54, 1.807) is 5.38 Å². The van der Waals surface area contributed by atoms with Crippen LogP contribution in [0.25, 0.3) is 0 Å². The lowest BCUT2D eigenvalue weighted by molar-refractivity contribution is -0.115. The van der Waals surface area contributed by atoms with E-state index in [1.807, 2.05) is 38.1 Å². The second-order valence-corrected chi connectivity index (χ2v) is 5.48. The highest BCUT2D eigenvalue weighted by Crippen LogP contribution is 2.17. The molecule has 0 unspecified atom stereocenters. The van der Waals surface area contributed by atoms with Gasteiger partial charge >= 0.3 is 0 Å². The van der Waals surface area contributed by atoms with Crippen LogP contribution in [0.1, 0.15) is 19.5 Å². The van der Waals surface area contributed by atoms with Gasteiger partial charge in [0.15, 0.2) is 5.13 Å². The number of carbonyl (C=O) groups is 1. The first-order chi connectivity index (χ1) is 9.52. The molecule has 1 heterocycles. The molecule has 2 rings (SSSR count). The minimum atomic E-state index is -0.118. The number of carbonyl (C=O) groups excluding carboxylic acids is 1. The molecule has 106 valence electrons. The van der Waals surface area contributed by atoms with E-state index in [0.29, 0.717) is 10.8 Å². The first kappa shape index (κ1) is 14.3. The van der Waals surface area contributed by atoms with Gasteiger partial charge in [0.05, 0.1) is 18.2 Å². The number of amides is 1. The number of ether oxygens (including phenoxy) is 1. The number of nitrogens with zero attached hydrogens (tertiary/aromatic N) is 1. The minimum absolute atomic E-state index is 0.118. The zero-order valence-electron chi connectivity index (χ0n) is 11.4. The number of nitrogens with one attached hydrogen (secondary N) is 1. The Hall–Kier alpha value is -2.08. The average Bonchev–Trinajstić information content (AvgIpc) is 2.76. The summed E-state index contributed by atoms with van der Waals surface area (Å²) in [4.78, 5) is 15.9. The highest BCUT2D eigenvalue weighted by molar-refractivity contribution is 7.13. The van der Waals surface area contributed by atoms with Crippen molar-refractivity contribution in [2.75, 3.05) is 11.1 Å². The molecule has 0 spiro atoms. The monoisotopic (exact) mass is 291 g/mol. The maximum atomic E-state index is 11.8. The molecule has 1 aromatic carbocycles. The van der Waals surface area contributed by atoms with Crippen LogP contribution in [0.2, 0.25) is 0 Å². The SMILES string of the molecule is CC(C)Oc1ccc(NC(=O)Cc2csc(N)n2)cc1. The van der Waals surface area contributed by atoms with Crippen LogP contribution in [0.15, 0.2) is 29.6 Å². The molecule has 0 fully saturated rings. The molecule has 0 bridgehead atoms. The van der Waals surface area contributed by atoms with E-state index >= 15 is 0 Å². The van der Waals surface area contributed by atoms with Gasteiger partial charge in [-0.1, -0.05) is 0 Å². The molecule has 0 saturated carbocycles. The summed E-state index contributed by atoms with van der Waals surface area (Å²) in [6, 6.07) is 7.28. The minimum Gasteiger partial charge on any atom is -0.491 e. The van der Waals surface area contributed by atoms with Crippen LogP contribution in [0, 0.1) is 0 Å². The van der Waals surface area contributed by atoms with E-state index in [2.05, 4.69) is 10.3 Å². The number of rotatable bonds is 5. The molecule has 0 atom stereocenters. The van der Waals surface area contributed by atoms with Crippen molar-refractivity contribution in [2.45, 2.75) is 26.4 Å². The van der Waals surface area contributed by atoms with Crippen molar-refractivity contribution in [3.05, 3.63) is 35.3 Å². The molecule has 0 aliphatic heterocycles. The molecule has 0 saturated heterocycles. The van der Waals surface area contributed by atoms with Crippen LogP contribution in [0.5, 0.6) is 5.75 Å². The maximum absolute atomic E-state index is 11.8. The van der Waals surface area contributed by atoms with E-state index in [-0.39, 0.29) is 18.4 Å². The smallest absolute Gasteiger partial charge is 0.230 e. The predicted octanol–water partition coefficient (Wildman–Crippen LogP) is 2.69. The highest BCUT2D eigenvalue weighted by atomic mass is 32.1. The second kappa shape index (κ2) is 6.38. The Morgan fingerprint density at radius 2 is 2.10 bits per heavy atom. The van der Waals surface area contributed by atoms with Crippen LogP contribution < -0.4 is 15.8 Å². The Bertz CT molecular complexity index is 578. The molecule has 0 aliphatic rings. The average molecular weight is 291 g/mol. The van der Waals surface area contributed by atoms with Crippen LogP contribution in [0.3, 0.4) is 0 Å². The molecular weight excluding hydrogens is 274 g/mol. The lowest BCUT2D eigenvalue weighted by Gasteiger charge is -2.10. The van der Waals surface area contributed by atoms with Crippen molar-refractivity contribution in [3.8, 4) is 5.75 Å². The normalized spacial score (nSPS) is 10.6. The molecule has 3 N–H and O–H groups in total. The number of benzene rings is 1. The quantitative estimate of drug-likeness (QED) is 0.888. The number of nitrogens with two attached hydrogens (primary N) is 1. The van der Waals surface area contributed by atoms with Crippen molar-refractivity contribution in [2.24, 2.45) is 0 Å². The van der Waals surface area contributed by atoms with E-state index in [9.17, 15) is 4.79 Å². The van der Waals surface area contributed by atoms with Gasteiger partial charge in [-0.25, -0.2) is 4.98 Å². The Balaban J connectivity index is 1.91. The Morgan fingerprint density at radius 1 is 1.40 bits per heavy atom. The molecule has 6 heteroatoms. The Labute approximate surface area is 121 Å². The van der Waals surface area contributed by atoms with Crippen molar-refractivity contribution in [1.29, 1.82) is 0 Å². The van der Waals surface area contributed by atoms with Gasteiger partial charge in [0, 0.05) is 11.1 Å². The molecule has 2 aromatic rings. The largest absolute Gasteiger partial charge is 0.491 e. The Morgan fingerprint density at radius 3 is 2.65 bits per heavy atom. The summed E-state index contributed by atoms with van der Waals surface area (Å²) in [5, 5.41) is 5.07. The third kappa shape index (κ3) is 4.24. The maximum Gasteiger partial charge on any atom is 0.230 e. The van der Waals surface area contributed by atoms with E-state index < -0.39 is 0 Å². The van der Waals surface area contributed by atoms with Gasteiger partial charge in [-0.2, -0.15) is 0 Å². The topological polar surface area (TPSA) is 77.2 Å². The zero-order chi connectivity index (χ0) is 14.5. The molecule has 5 nitrogen and oxygen atoms in total. The summed E-state index contributed by atoms with van der Waals surface area (Å²) in [5.41, 5.74) is 6.94. The highest BCUT2D eigenvalue weighted by Gasteiger charge is 2.07. The number of hydrogen-bond acceptors (Lipinski definition) is 5. The summed E-state index contributed by atoms with van der Waals surface area (Å²) in [7, 11) is 0. The fraction of sp³-hybridized carbons (Fsp3) is 0.286. The molecule has 20 heavy (non-hydrogen) atoms. The number of thiazole rings is 1. The number of anilines is 2. The third-order valence-electron chi connectivity index (χ3n) is 2.42. The van der Waals surface area contributed by atoms with Crippen molar-refractivity contribution < 1.29 is 9.53 Å². The van der Waals surface area contributed by atoms with Crippen LogP contribution >= 0.6 is 11.3 Å². The van der Waals surface area contributed by atoms with Gasteiger partial charge in [-0.05, 0) is 38.1 Å². The van der Waals surface area contributed by atoms with Crippen LogP contribution in [0.4, 0.5) is 10.8 Å². The summed E-state index contributed by atoms with van der Waals surface area (Å²) < 4.78 is 5.54. The van der Waals surface area contributed by atoms with Gasteiger partial charge in [0.1, 0.15) is 5.75 Å². The fourth-order valence-corrected chi connectivity index (χ4v) is 2.23. The van der Waals surface area contributed by atoms with Gasteiger partial charge < -0.3 is 15.8 Å². The van der Waals surface area contributed by atoms with Gasteiger partial charge in [-0.3, -0.25) is 4.79 Å². The zero-order valence-corrected chi connectivity index (χ0v) is 12.2. The number of nitrogen functional groups attached to an aromatic ring is 1. The van der Waals surface area contributed by atoms with Crippen LogP contribution in [-0.4, -0.2) is 17.0 Å². The van der Waals surface area contributed by atoms with Crippen LogP contribution in [-0.2, 0) is 11.2 Å². The summed E-state index contributed by atoms with van der Waals surface area (Å²) in [6.07, 6.45) is 0.350. The molecule has 1 amide bonds. The molecule has 0 aliphatic carbocycles. The molecule has 1 aromatic heterocycles. The van der Waals surface area contributed by atoms with E-state index in [1.165, 1.54) is 11.3 Å². The lowest BCUT2D eigenvalue weighted by atomic mass is 10.2. The third-order valence-corrected chi connectivity index (χ3v) is 3.14. The second-order valence-electron chi connectivity index (χ2n) is 4.59. The summed E-state index contributed by atoms with van der Waals surface area (Å²) >= 11 is 1.33. The first-order valence-corrected chi connectivity index (χ1v) is 7.17. The summed E-state index contributed by atoms with van der Waals surface area (Å²) in [6.45, 7) is 3.94. The Kier molecular flexibility index (Phi) is 4.57. The standard InChI is InChI=1S/C14H17N3O2S/c1-9(2)19-12-5-3-10(4-6-12)16-13(18)7-11-8-20-14(15)17-11/h3-6,8-9H,7H2,1-2H3,(H2,15,17)(H,16,18). The van der Waals surface area contributed by atoms with Crippen molar-refractivity contribution >= 4 is 28.1 Å². The molecule has 0 radical (unpaired) electrons. The van der Waals surface area contributed by atoms with Gasteiger partial charge in [0.2, 0.25) is 5.91 Å². The predicted molar refractivity (Wildman–Crippen MR) is 81.1 cm³/mol. The molecular formula is C14H17N3O2S. The van der Waals surface area contributed by atoms with E-state index in [0.717, 1.165) is 11.4 Å². The first-order valence-electron chi connectivity index (χ1n) is 6.29. The fourth-order valence-electron chi connectivity index (χ4n) is 1.66. The lowest BCUT2D eigenvalue weighted by Crippen LogP contribution is -2.14. The number of hydrogen-bond donors (Lipinski definition) is 2.